The molecule has 4 nitrogen and oxygen atoms in total. The zero-order chi connectivity index (χ0) is 11.5. The highest BCUT2D eigenvalue weighted by atomic mass is 16.3. The third-order valence-corrected chi connectivity index (χ3v) is 3.82. The lowest BCUT2D eigenvalue weighted by molar-refractivity contribution is -0.139. The number of rotatable bonds is 1. The molecule has 0 saturated carbocycles. The van der Waals surface area contributed by atoms with Gasteiger partial charge in [0.1, 0.15) is 0 Å². The number of amides is 1. The Morgan fingerprint density at radius 3 is 2.88 bits per heavy atom. The van der Waals surface area contributed by atoms with Crippen molar-refractivity contribution in [3.05, 3.63) is 0 Å². The molecule has 2 fully saturated rings. The summed E-state index contributed by atoms with van der Waals surface area (Å²) in [4.78, 5) is 14.1. The fourth-order valence-electron chi connectivity index (χ4n) is 2.65. The van der Waals surface area contributed by atoms with Crippen LogP contribution in [0, 0.1) is 11.8 Å². The standard InChI is InChI=1S/C12H22N2O2/c1-9-8-14(6-4-11(9)15)12(16)10-3-2-5-13-7-10/h9-11,13,15H,2-8H2,1H3/t9-,10+,11+/m1/s1. The van der Waals surface area contributed by atoms with Crippen LogP contribution in [0.1, 0.15) is 26.2 Å². The molecule has 0 unspecified atom stereocenters. The second-order valence-corrected chi connectivity index (χ2v) is 5.16. The van der Waals surface area contributed by atoms with Gasteiger partial charge in [0.15, 0.2) is 0 Å². The predicted octanol–water partition coefficient (Wildman–Crippen LogP) is 0.215. The van der Waals surface area contributed by atoms with Crippen molar-refractivity contribution in [3.8, 4) is 0 Å². The van der Waals surface area contributed by atoms with E-state index in [0.29, 0.717) is 0 Å². The van der Waals surface area contributed by atoms with Crippen molar-refractivity contribution in [3.63, 3.8) is 0 Å². The Morgan fingerprint density at radius 2 is 2.25 bits per heavy atom. The Labute approximate surface area is 97.0 Å². The highest BCUT2D eigenvalue weighted by molar-refractivity contribution is 5.79. The van der Waals surface area contributed by atoms with Gasteiger partial charge in [-0.3, -0.25) is 4.79 Å². The molecule has 0 spiro atoms. The maximum absolute atomic E-state index is 12.2. The summed E-state index contributed by atoms with van der Waals surface area (Å²) < 4.78 is 0. The Morgan fingerprint density at radius 1 is 1.44 bits per heavy atom. The minimum absolute atomic E-state index is 0.163. The van der Waals surface area contributed by atoms with Gasteiger partial charge in [-0.25, -0.2) is 0 Å². The molecule has 0 aromatic carbocycles. The maximum atomic E-state index is 12.2. The summed E-state index contributed by atoms with van der Waals surface area (Å²) in [7, 11) is 0. The molecule has 0 radical (unpaired) electrons. The number of carbonyl (C=O) groups excluding carboxylic acids is 1. The summed E-state index contributed by atoms with van der Waals surface area (Å²) in [6.07, 6.45) is 2.61. The highest BCUT2D eigenvalue weighted by Gasteiger charge is 2.31. The lowest BCUT2D eigenvalue weighted by atomic mass is 9.93. The van der Waals surface area contributed by atoms with Crippen LogP contribution in [-0.4, -0.2) is 48.2 Å². The summed E-state index contributed by atoms with van der Waals surface area (Å²) in [5.41, 5.74) is 0. The summed E-state index contributed by atoms with van der Waals surface area (Å²) in [6, 6.07) is 0. The Kier molecular flexibility index (Phi) is 3.82. The number of nitrogens with one attached hydrogen (secondary N) is 1. The molecule has 0 aromatic rings. The fraction of sp³-hybridized carbons (Fsp3) is 0.917. The van der Waals surface area contributed by atoms with Crippen molar-refractivity contribution in [1.29, 1.82) is 0 Å². The van der Waals surface area contributed by atoms with Gasteiger partial charge in [0.2, 0.25) is 5.91 Å². The molecule has 2 rings (SSSR count). The van der Waals surface area contributed by atoms with Gasteiger partial charge in [-0.15, -0.1) is 0 Å². The van der Waals surface area contributed by atoms with Gasteiger partial charge in [0.25, 0.3) is 0 Å². The van der Waals surface area contributed by atoms with Gasteiger partial charge in [-0.05, 0) is 31.7 Å². The summed E-state index contributed by atoms with van der Waals surface area (Å²) in [5.74, 6) is 0.663. The van der Waals surface area contributed by atoms with Crippen LogP contribution in [0.4, 0.5) is 0 Å². The van der Waals surface area contributed by atoms with E-state index in [-0.39, 0.29) is 23.8 Å². The van der Waals surface area contributed by atoms with Crippen molar-refractivity contribution in [2.75, 3.05) is 26.2 Å². The smallest absolute Gasteiger partial charge is 0.226 e. The van der Waals surface area contributed by atoms with E-state index >= 15 is 0 Å². The summed E-state index contributed by atoms with van der Waals surface area (Å²) in [5, 5.41) is 12.9. The van der Waals surface area contributed by atoms with E-state index in [1.807, 2.05) is 11.8 Å². The molecule has 92 valence electrons. The van der Waals surface area contributed by atoms with Crippen LogP contribution in [0.25, 0.3) is 0 Å². The molecule has 2 aliphatic heterocycles. The van der Waals surface area contributed by atoms with Gasteiger partial charge < -0.3 is 15.3 Å². The molecule has 3 atom stereocenters. The van der Waals surface area contributed by atoms with Crippen LogP contribution in [0.2, 0.25) is 0 Å². The maximum Gasteiger partial charge on any atom is 0.226 e. The van der Waals surface area contributed by atoms with E-state index in [0.717, 1.165) is 45.4 Å². The predicted molar refractivity (Wildman–Crippen MR) is 62.0 cm³/mol. The first-order valence-corrected chi connectivity index (χ1v) is 6.36. The van der Waals surface area contributed by atoms with E-state index in [1.165, 1.54) is 0 Å². The molecular formula is C12H22N2O2. The van der Waals surface area contributed by atoms with Crippen molar-refractivity contribution < 1.29 is 9.90 Å². The quantitative estimate of drug-likeness (QED) is 0.672. The molecule has 2 heterocycles. The Balaban J connectivity index is 1.89. The average Bonchev–Trinajstić information content (AvgIpc) is 2.33. The van der Waals surface area contributed by atoms with Crippen molar-refractivity contribution in [2.24, 2.45) is 11.8 Å². The summed E-state index contributed by atoms with van der Waals surface area (Å²) >= 11 is 0. The minimum Gasteiger partial charge on any atom is -0.393 e. The molecule has 1 amide bonds. The van der Waals surface area contributed by atoms with Gasteiger partial charge in [0, 0.05) is 19.6 Å². The van der Waals surface area contributed by atoms with E-state index in [9.17, 15) is 9.90 Å². The number of hydrogen-bond acceptors (Lipinski definition) is 3. The van der Waals surface area contributed by atoms with E-state index in [1.54, 1.807) is 0 Å². The highest BCUT2D eigenvalue weighted by Crippen LogP contribution is 2.20. The molecule has 2 aliphatic rings. The number of carbonyl (C=O) groups is 1. The van der Waals surface area contributed by atoms with Crippen LogP contribution in [0.3, 0.4) is 0 Å². The van der Waals surface area contributed by atoms with Gasteiger partial charge >= 0.3 is 0 Å². The molecule has 2 N–H and O–H groups in total. The van der Waals surface area contributed by atoms with Crippen LogP contribution in [-0.2, 0) is 4.79 Å². The molecular weight excluding hydrogens is 204 g/mol. The number of aliphatic hydroxyl groups excluding tert-OH is 1. The van der Waals surface area contributed by atoms with Crippen LogP contribution in [0.15, 0.2) is 0 Å². The normalized spacial score (nSPS) is 36.1. The minimum atomic E-state index is -0.228. The second-order valence-electron chi connectivity index (χ2n) is 5.16. The lowest BCUT2D eigenvalue weighted by Gasteiger charge is -2.37. The van der Waals surface area contributed by atoms with Crippen molar-refractivity contribution >= 4 is 5.91 Å². The van der Waals surface area contributed by atoms with E-state index in [2.05, 4.69) is 5.32 Å². The topological polar surface area (TPSA) is 52.6 Å². The molecule has 0 bridgehead atoms. The lowest BCUT2D eigenvalue weighted by Crippen LogP contribution is -2.49. The van der Waals surface area contributed by atoms with Crippen LogP contribution < -0.4 is 5.32 Å². The van der Waals surface area contributed by atoms with Crippen molar-refractivity contribution in [1.82, 2.24) is 10.2 Å². The fourth-order valence-corrected chi connectivity index (χ4v) is 2.65. The number of nitrogens with zero attached hydrogens (tertiary/aromatic N) is 1. The third-order valence-electron chi connectivity index (χ3n) is 3.82. The zero-order valence-corrected chi connectivity index (χ0v) is 9.98. The van der Waals surface area contributed by atoms with Crippen LogP contribution in [0.5, 0.6) is 0 Å². The van der Waals surface area contributed by atoms with Gasteiger partial charge in [-0.1, -0.05) is 6.92 Å². The Bertz CT molecular complexity index is 251. The molecule has 0 aliphatic carbocycles. The summed E-state index contributed by atoms with van der Waals surface area (Å²) in [6.45, 7) is 5.33. The first-order chi connectivity index (χ1) is 7.68. The number of piperidine rings is 2. The molecule has 0 aromatic heterocycles. The van der Waals surface area contributed by atoms with Crippen LogP contribution >= 0.6 is 0 Å². The van der Waals surface area contributed by atoms with Gasteiger partial charge in [-0.2, -0.15) is 0 Å². The van der Waals surface area contributed by atoms with Crippen molar-refractivity contribution in [2.45, 2.75) is 32.3 Å². The SMILES string of the molecule is C[C@@H]1CN(C(=O)[C@H]2CCCNC2)CC[C@@H]1O. The first-order valence-electron chi connectivity index (χ1n) is 6.36. The first kappa shape index (κ1) is 11.9. The Hall–Kier alpha value is -0.610. The largest absolute Gasteiger partial charge is 0.393 e. The number of likely N-dealkylation sites (tertiary alicyclic amines) is 1. The monoisotopic (exact) mass is 226 g/mol. The molecule has 2 saturated heterocycles. The average molecular weight is 226 g/mol. The second kappa shape index (κ2) is 5.15. The third kappa shape index (κ3) is 2.55. The number of aliphatic hydroxyl groups is 1. The van der Waals surface area contributed by atoms with Gasteiger partial charge in [0.05, 0.1) is 12.0 Å². The molecule has 4 heteroatoms. The number of hydrogen-bond donors (Lipinski definition) is 2. The molecule has 16 heavy (non-hydrogen) atoms. The zero-order valence-electron chi connectivity index (χ0n) is 9.98. The van der Waals surface area contributed by atoms with E-state index < -0.39 is 0 Å². The van der Waals surface area contributed by atoms with E-state index in [4.69, 9.17) is 0 Å².